The summed E-state index contributed by atoms with van der Waals surface area (Å²) in [5, 5.41) is 3.30. The summed E-state index contributed by atoms with van der Waals surface area (Å²) in [7, 11) is 0. The second-order valence-corrected chi connectivity index (χ2v) is 4.83. The van der Waals surface area contributed by atoms with E-state index in [1.165, 1.54) is 0 Å². The maximum atomic E-state index is 5.73. The van der Waals surface area contributed by atoms with Crippen molar-refractivity contribution in [1.82, 2.24) is 4.98 Å². The van der Waals surface area contributed by atoms with E-state index in [1.54, 1.807) is 6.20 Å². The van der Waals surface area contributed by atoms with Crippen molar-refractivity contribution >= 4 is 27.4 Å². The highest BCUT2D eigenvalue weighted by Crippen LogP contribution is 2.17. The number of benzene rings is 1. The van der Waals surface area contributed by atoms with Gasteiger partial charge >= 0.3 is 0 Å². The van der Waals surface area contributed by atoms with Gasteiger partial charge in [0.1, 0.15) is 5.82 Å². The molecular formula is C13H14BrN3. The first-order chi connectivity index (χ1) is 8.15. The van der Waals surface area contributed by atoms with E-state index in [9.17, 15) is 0 Å². The minimum absolute atomic E-state index is 0.723. The van der Waals surface area contributed by atoms with E-state index in [2.05, 4.69) is 26.2 Å². The van der Waals surface area contributed by atoms with Gasteiger partial charge in [0.15, 0.2) is 0 Å². The first-order valence-electron chi connectivity index (χ1n) is 5.35. The zero-order chi connectivity index (χ0) is 12.3. The predicted octanol–water partition coefficient (Wildman–Crippen LogP) is 3.35. The first kappa shape index (κ1) is 11.9. The Kier molecular flexibility index (Phi) is 3.64. The second kappa shape index (κ2) is 5.19. The van der Waals surface area contributed by atoms with Gasteiger partial charge in [0.2, 0.25) is 0 Å². The summed E-state index contributed by atoms with van der Waals surface area (Å²) in [4.78, 5) is 4.33. The van der Waals surface area contributed by atoms with Crippen molar-refractivity contribution < 1.29 is 0 Å². The Morgan fingerprint density at radius 1 is 1.35 bits per heavy atom. The molecule has 2 rings (SSSR count). The molecule has 0 spiro atoms. The molecule has 17 heavy (non-hydrogen) atoms. The van der Waals surface area contributed by atoms with Crippen molar-refractivity contribution in [1.29, 1.82) is 0 Å². The molecule has 3 N–H and O–H groups in total. The summed E-state index contributed by atoms with van der Waals surface area (Å²) in [6, 6.07) is 9.87. The standard InChI is InChI=1S/C13H14BrN3/c1-9-5-11(14)8-17-13(9)16-7-10-3-2-4-12(15)6-10/h2-6,8H,7,15H2,1H3,(H,16,17). The number of hydrogen-bond donors (Lipinski definition) is 2. The molecule has 0 bridgehead atoms. The number of aryl methyl sites for hydroxylation is 1. The van der Waals surface area contributed by atoms with Gasteiger partial charge < -0.3 is 11.1 Å². The topological polar surface area (TPSA) is 50.9 Å². The number of pyridine rings is 1. The Morgan fingerprint density at radius 3 is 2.88 bits per heavy atom. The zero-order valence-corrected chi connectivity index (χ0v) is 11.2. The van der Waals surface area contributed by atoms with E-state index in [4.69, 9.17) is 5.73 Å². The third-order valence-corrected chi connectivity index (χ3v) is 2.89. The number of anilines is 2. The molecule has 1 aromatic carbocycles. The van der Waals surface area contributed by atoms with Crippen LogP contribution in [0.3, 0.4) is 0 Å². The fourth-order valence-corrected chi connectivity index (χ4v) is 2.06. The molecule has 2 aromatic rings. The molecule has 1 heterocycles. The molecule has 0 unspecified atom stereocenters. The van der Waals surface area contributed by atoms with E-state index >= 15 is 0 Å². The Bertz CT molecular complexity index is 526. The van der Waals surface area contributed by atoms with Gasteiger partial charge in [0.05, 0.1) is 0 Å². The summed E-state index contributed by atoms with van der Waals surface area (Å²) in [6.45, 7) is 2.75. The van der Waals surface area contributed by atoms with Crippen LogP contribution in [0.1, 0.15) is 11.1 Å². The maximum absolute atomic E-state index is 5.73. The SMILES string of the molecule is Cc1cc(Br)cnc1NCc1cccc(N)c1. The average Bonchev–Trinajstić information content (AvgIpc) is 2.28. The summed E-state index contributed by atoms with van der Waals surface area (Å²) in [6.07, 6.45) is 1.79. The van der Waals surface area contributed by atoms with Crippen LogP contribution in [0.2, 0.25) is 0 Å². The fraction of sp³-hybridized carbons (Fsp3) is 0.154. The van der Waals surface area contributed by atoms with Crippen molar-refractivity contribution in [3.63, 3.8) is 0 Å². The number of nitrogen functional groups attached to an aromatic ring is 1. The third kappa shape index (κ3) is 3.20. The van der Waals surface area contributed by atoms with Gasteiger partial charge in [0, 0.05) is 22.9 Å². The molecule has 0 saturated carbocycles. The molecule has 88 valence electrons. The number of nitrogens with one attached hydrogen (secondary N) is 1. The smallest absolute Gasteiger partial charge is 0.129 e. The van der Waals surface area contributed by atoms with E-state index in [0.717, 1.165) is 33.6 Å². The van der Waals surface area contributed by atoms with Crippen molar-refractivity contribution in [2.45, 2.75) is 13.5 Å². The van der Waals surface area contributed by atoms with E-state index < -0.39 is 0 Å². The quantitative estimate of drug-likeness (QED) is 0.853. The predicted molar refractivity (Wildman–Crippen MR) is 74.9 cm³/mol. The Labute approximate surface area is 109 Å². The van der Waals surface area contributed by atoms with Gasteiger partial charge in [-0.15, -0.1) is 0 Å². The van der Waals surface area contributed by atoms with E-state index in [1.807, 2.05) is 37.3 Å². The lowest BCUT2D eigenvalue weighted by Gasteiger charge is -2.09. The first-order valence-corrected chi connectivity index (χ1v) is 6.15. The number of hydrogen-bond acceptors (Lipinski definition) is 3. The van der Waals surface area contributed by atoms with Crippen LogP contribution in [0.4, 0.5) is 11.5 Å². The van der Waals surface area contributed by atoms with Crippen LogP contribution in [0.15, 0.2) is 41.0 Å². The van der Waals surface area contributed by atoms with E-state index in [0.29, 0.717) is 0 Å². The monoisotopic (exact) mass is 291 g/mol. The minimum atomic E-state index is 0.723. The van der Waals surface area contributed by atoms with Crippen LogP contribution in [0, 0.1) is 6.92 Å². The summed E-state index contributed by atoms with van der Waals surface area (Å²) in [5.74, 6) is 0.899. The average molecular weight is 292 g/mol. The maximum Gasteiger partial charge on any atom is 0.129 e. The van der Waals surface area contributed by atoms with Crippen LogP contribution >= 0.6 is 15.9 Å². The van der Waals surface area contributed by atoms with Crippen molar-refractivity contribution in [3.8, 4) is 0 Å². The Balaban J connectivity index is 2.07. The van der Waals surface area contributed by atoms with Gasteiger partial charge in [-0.05, 0) is 52.2 Å². The Morgan fingerprint density at radius 2 is 2.18 bits per heavy atom. The third-order valence-electron chi connectivity index (χ3n) is 2.46. The zero-order valence-electron chi connectivity index (χ0n) is 9.57. The lowest BCUT2D eigenvalue weighted by atomic mass is 10.2. The van der Waals surface area contributed by atoms with Crippen LogP contribution in [0.5, 0.6) is 0 Å². The highest BCUT2D eigenvalue weighted by atomic mass is 79.9. The number of aromatic nitrogens is 1. The van der Waals surface area contributed by atoms with Crippen LogP contribution in [-0.4, -0.2) is 4.98 Å². The minimum Gasteiger partial charge on any atom is -0.399 e. The molecule has 0 atom stereocenters. The lowest BCUT2D eigenvalue weighted by molar-refractivity contribution is 1.09. The molecule has 0 amide bonds. The van der Waals surface area contributed by atoms with Gasteiger partial charge in [-0.25, -0.2) is 4.98 Å². The van der Waals surface area contributed by atoms with E-state index in [-0.39, 0.29) is 0 Å². The molecule has 4 heteroatoms. The van der Waals surface area contributed by atoms with Gasteiger partial charge in [-0.1, -0.05) is 12.1 Å². The fourth-order valence-electron chi connectivity index (χ4n) is 1.61. The van der Waals surface area contributed by atoms with Crippen LogP contribution in [-0.2, 0) is 6.54 Å². The highest BCUT2D eigenvalue weighted by molar-refractivity contribution is 9.10. The summed E-state index contributed by atoms with van der Waals surface area (Å²) < 4.78 is 0.990. The Hall–Kier alpha value is -1.55. The van der Waals surface area contributed by atoms with Gasteiger partial charge in [-0.3, -0.25) is 0 Å². The van der Waals surface area contributed by atoms with Crippen LogP contribution < -0.4 is 11.1 Å². The number of halogens is 1. The molecule has 0 aliphatic carbocycles. The number of rotatable bonds is 3. The second-order valence-electron chi connectivity index (χ2n) is 3.92. The molecule has 3 nitrogen and oxygen atoms in total. The summed E-state index contributed by atoms with van der Waals surface area (Å²) >= 11 is 3.40. The van der Waals surface area contributed by atoms with Crippen molar-refractivity contribution in [2.75, 3.05) is 11.1 Å². The number of nitrogens with zero attached hydrogens (tertiary/aromatic N) is 1. The van der Waals surface area contributed by atoms with Crippen molar-refractivity contribution in [2.24, 2.45) is 0 Å². The highest BCUT2D eigenvalue weighted by Gasteiger charge is 2.00. The van der Waals surface area contributed by atoms with Gasteiger partial charge in [0.25, 0.3) is 0 Å². The normalized spacial score (nSPS) is 10.2. The largest absolute Gasteiger partial charge is 0.399 e. The molecule has 0 fully saturated rings. The molecule has 0 radical (unpaired) electrons. The van der Waals surface area contributed by atoms with Gasteiger partial charge in [-0.2, -0.15) is 0 Å². The molecule has 0 aliphatic rings. The molecule has 1 aromatic heterocycles. The van der Waals surface area contributed by atoms with Crippen molar-refractivity contribution in [3.05, 3.63) is 52.1 Å². The molecule has 0 aliphatic heterocycles. The number of nitrogens with two attached hydrogens (primary N) is 1. The molecular weight excluding hydrogens is 278 g/mol. The summed E-state index contributed by atoms with van der Waals surface area (Å²) in [5.41, 5.74) is 8.77. The van der Waals surface area contributed by atoms with Crippen LogP contribution in [0.25, 0.3) is 0 Å². The lowest BCUT2D eigenvalue weighted by Crippen LogP contribution is -2.03. The molecule has 0 saturated heterocycles.